The summed E-state index contributed by atoms with van der Waals surface area (Å²) in [5, 5.41) is 8.05. The van der Waals surface area contributed by atoms with E-state index in [2.05, 4.69) is 30.4 Å². The molecule has 0 bridgehead atoms. The van der Waals surface area contributed by atoms with Crippen LogP contribution in [0.25, 0.3) is 33.5 Å². The highest BCUT2D eigenvalue weighted by atomic mass is 16.5. The maximum absolute atomic E-state index is 13.2. The quantitative estimate of drug-likeness (QED) is 0.385. The van der Waals surface area contributed by atoms with E-state index in [1.165, 1.54) is 6.39 Å². The number of ether oxygens (including phenoxy) is 1. The number of anilines is 1. The Balaban J connectivity index is 1.73. The number of hydrogen-bond donors (Lipinski definition) is 3. The van der Waals surface area contributed by atoms with Gasteiger partial charge in [-0.3, -0.25) is 9.48 Å². The lowest BCUT2D eigenvalue weighted by Crippen LogP contribution is -2.16. The second-order valence-electron chi connectivity index (χ2n) is 7.20. The van der Waals surface area contributed by atoms with Gasteiger partial charge in [0.05, 0.1) is 35.4 Å². The van der Waals surface area contributed by atoms with Gasteiger partial charge in [0.2, 0.25) is 0 Å². The second kappa shape index (κ2) is 7.31. The number of nitrogens with one attached hydrogen (secondary N) is 3. The number of oxazole rings is 1. The smallest absolute Gasteiger partial charge is 0.261 e. The summed E-state index contributed by atoms with van der Waals surface area (Å²) in [6.07, 6.45) is 4.76. The molecule has 4 heterocycles. The van der Waals surface area contributed by atoms with Crippen LogP contribution in [0.1, 0.15) is 25.6 Å². The van der Waals surface area contributed by atoms with Gasteiger partial charge in [0.25, 0.3) is 5.56 Å². The lowest BCUT2D eigenvalue weighted by molar-refractivity contribution is 0.415. The molecule has 0 aliphatic rings. The van der Waals surface area contributed by atoms with Crippen molar-refractivity contribution in [1.82, 2.24) is 29.7 Å². The summed E-state index contributed by atoms with van der Waals surface area (Å²) in [5.74, 6) is 1.14. The summed E-state index contributed by atoms with van der Waals surface area (Å²) in [6, 6.07) is 5.29. The number of imidazole rings is 1. The Morgan fingerprint density at radius 2 is 2.16 bits per heavy atom. The number of benzene rings is 1. The maximum atomic E-state index is 13.2. The minimum Gasteiger partial charge on any atom is -0.497 e. The highest BCUT2D eigenvalue weighted by Crippen LogP contribution is 2.33. The SMILES string of the molecule is CCn1cc2[nH]c(=O)c(-c3nc4ccc(OC)cc4[nH]3)c(NC(C)c3cocn3)c2n1. The van der Waals surface area contributed by atoms with Crippen molar-refractivity contribution in [1.29, 1.82) is 0 Å². The van der Waals surface area contributed by atoms with Crippen molar-refractivity contribution in [2.24, 2.45) is 0 Å². The van der Waals surface area contributed by atoms with E-state index in [0.29, 0.717) is 46.1 Å². The standard InChI is InChI=1S/C21H21N7O3/c1-4-28-8-15-18(27-28)19(23-11(2)16-9-31-10-22-16)17(21(29)26-15)20-24-13-6-5-12(30-3)7-14(13)25-20/h5-11,23H,4H2,1-3H3,(H,24,25)(H,26,29). The molecule has 10 heteroatoms. The Morgan fingerprint density at radius 1 is 1.29 bits per heavy atom. The normalized spacial score (nSPS) is 12.5. The van der Waals surface area contributed by atoms with Crippen molar-refractivity contribution >= 4 is 27.8 Å². The number of H-pyrrole nitrogens is 2. The number of nitrogens with zero attached hydrogens (tertiary/aromatic N) is 4. The number of rotatable bonds is 6. The zero-order valence-corrected chi connectivity index (χ0v) is 17.3. The van der Waals surface area contributed by atoms with E-state index in [1.807, 2.05) is 38.2 Å². The molecule has 5 aromatic rings. The number of fused-ring (bicyclic) bond motifs is 2. The predicted octanol–water partition coefficient (Wildman–Crippen LogP) is 3.46. The first-order chi connectivity index (χ1) is 15.1. The molecule has 158 valence electrons. The number of aryl methyl sites for hydroxylation is 1. The summed E-state index contributed by atoms with van der Waals surface area (Å²) >= 11 is 0. The third-order valence-corrected chi connectivity index (χ3v) is 5.23. The molecule has 0 radical (unpaired) electrons. The minimum atomic E-state index is -0.274. The van der Waals surface area contributed by atoms with Crippen molar-refractivity contribution in [3.63, 3.8) is 0 Å². The number of aromatic nitrogens is 6. The Labute approximate surface area is 176 Å². The average molecular weight is 419 g/mol. The van der Waals surface area contributed by atoms with Gasteiger partial charge in [0.15, 0.2) is 6.39 Å². The molecule has 5 rings (SSSR count). The van der Waals surface area contributed by atoms with E-state index in [0.717, 1.165) is 11.0 Å². The summed E-state index contributed by atoms with van der Waals surface area (Å²) in [5.41, 5.74) is 4.17. The molecule has 0 saturated heterocycles. The van der Waals surface area contributed by atoms with Crippen LogP contribution in [0.2, 0.25) is 0 Å². The summed E-state index contributed by atoms with van der Waals surface area (Å²) < 4.78 is 12.2. The van der Waals surface area contributed by atoms with E-state index in [1.54, 1.807) is 18.1 Å². The average Bonchev–Trinajstić information content (AvgIpc) is 3.51. The van der Waals surface area contributed by atoms with Crippen LogP contribution in [0.3, 0.4) is 0 Å². The molecular weight excluding hydrogens is 398 g/mol. The number of aromatic amines is 2. The van der Waals surface area contributed by atoms with Gasteiger partial charge < -0.3 is 24.4 Å². The fraction of sp³-hybridized carbons (Fsp3) is 0.238. The minimum absolute atomic E-state index is 0.223. The van der Waals surface area contributed by atoms with E-state index in [-0.39, 0.29) is 11.6 Å². The Kier molecular flexibility index (Phi) is 4.46. The van der Waals surface area contributed by atoms with Gasteiger partial charge in [-0.05, 0) is 26.0 Å². The molecule has 1 aromatic carbocycles. The molecule has 0 aliphatic heterocycles. The zero-order chi connectivity index (χ0) is 21.5. The zero-order valence-electron chi connectivity index (χ0n) is 17.3. The van der Waals surface area contributed by atoms with Gasteiger partial charge in [-0.2, -0.15) is 5.10 Å². The third-order valence-electron chi connectivity index (χ3n) is 5.23. The molecule has 0 fully saturated rings. The van der Waals surface area contributed by atoms with Gasteiger partial charge in [-0.25, -0.2) is 9.97 Å². The molecule has 4 aromatic heterocycles. The highest BCUT2D eigenvalue weighted by Gasteiger charge is 2.22. The monoisotopic (exact) mass is 419 g/mol. The molecule has 0 aliphatic carbocycles. The Hall–Kier alpha value is -4.08. The summed E-state index contributed by atoms with van der Waals surface area (Å²) in [7, 11) is 1.61. The van der Waals surface area contributed by atoms with Crippen LogP contribution in [0.15, 0.2) is 46.3 Å². The van der Waals surface area contributed by atoms with E-state index >= 15 is 0 Å². The number of methoxy groups -OCH3 is 1. The van der Waals surface area contributed by atoms with Gasteiger partial charge in [0.1, 0.15) is 34.6 Å². The Bertz CT molecular complexity index is 1430. The summed E-state index contributed by atoms with van der Waals surface area (Å²) in [4.78, 5) is 28.2. The molecule has 1 unspecified atom stereocenters. The van der Waals surface area contributed by atoms with Crippen LogP contribution in [0.4, 0.5) is 5.69 Å². The van der Waals surface area contributed by atoms with Crippen molar-refractivity contribution in [3.8, 4) is 17.1 Å². The van der Waals surface area contributed by atoms with Crippen LogP contribution < -0.4 is 15.6 Å². The Morgan fingerprint density at radius 3 is 2.90 bits per heavy atom. The third kappa shape index (κ3) is 3.21. The molecule has 10 nitrogen and oxygen atoms in total. The van der Waals surface area contributed by atoms with Crippen molar-refractivity contribution in [3.05, 3.63) is 53.1 Å². The van der Waals surface area contributed by atoms with E-state index < -0.39 is 0 Å². The van der Waals surface area contributed by atoms with Crippen molar-refractivity contribution in [2.45, 2.75) is 26.4 Å². The lowest BCUT2D eigenvalue weighted by atomic mass is 10.1. The molecular formula is C21H21N7O3. The molecule has 31 heavy (non-hydrogen) atoms. The molecule has 0 spiro atoms. The highest BCUT2D eigenvalue weighted by molar-refractivity contribution is 5.96. The topological polar surface area (TPSA) is 127 Å². The number of pyridine rings is 1. The molecule has 3 N–H and O–H groups in total. The van der Waals surface area contributed by atoms with Gasteiger partial charge >= 0.3 is 0 Å². The fourth-order valence-corrected chi connectivity index (χ4v) is 3.60. The van der Waals surface area contributed by atoms with Gasteiger partial charge in [-0.15, -0.1) is 0 Å². The number of hydrogen-bond acceptors (Lipinski definition) is 7. The van der Waals surface area contributed by atoms with Gasteiger partial charge in [0, 0.05) is 18.8 Å². The lowest BCUT2D eigenvalue weighted by Gasteiger charge is -2.15. The predicted molar refractivity (Wildman–Crippen MR) is 116 cm³/mol. The molecule has 0 saturated carbocycles. The van der Waals surface area contributed by atoms with Gasteiger partial charge in [-0.1, -0.05) is 0 Å². The first-order valence-corrected chi connectivity index (χ1v) is 9.89. The maximum Gasteiger partial charge on any atom is 0.261 e. The van der Waals surface area contributed by atoms with E-state index in [9.17, 15) is 4.79 Å². The summed E-state index contributed by atoms with van der Waals surface area (Å²) in [6.45, 7) is 4.60. The van der Waals surface area contributed by atoms with Crippen molar-refractivity contribution in [2.75, 3.05) is 12.4 Å². The van der Waals surface area contributed by atoms with Crippen LogP contribution >= 0.6 is 0 Å². The first kappa shape index (κ1) is 18.9. The van der Waals surface area contributed by atoms with Crippen LogP contribution in [-0.2, 0) is 6.54 Å². The van der Waals surface area contributed by atoms with E-state index in [4.69, 9.17) is 9.15 Å². The fourth-order valence-electron chi connectivity index (χ4n) is 3.60. The first-order valence-electron chi connectivity index (χ1n) is 9.89. The van der Waals surface area contributed by atoms with Crippen LogP contribution in [0, 0.1) is 0 Å². The second-order valence-corrected chi connectivity index (χ2v) is 7.20. The molecule has 1 atom stereocenters. The molecule has 0 amide bonds. The van der Waals surface area contributed by atoms with Crippen molar-refractivity contribution < 1.29 is 9.15 Å². The van der Waals surface area contributed by atoms with Crippen LogP contribution in [0.5, 0.6) is 5.75 Å². The van der Waals surface area contributed by atoms with Crippen LogP contribution in [-0.4, -0.2) is 36.8 Å². The largest absolute Gasteiger partial charge is 0.497 e.